The first-order chi connectivity index (χ1) is 13.5. The normalized spacial score (nSPS) is 41.7. The molecular formula is C21H37Cl2N3O4. The van der Waals surface area contributed by atoms with Gasteiger partial charge in [0, 0.05) is 51.0 Å². The second-order valence-corrected chi connectivity index (χ2v) is 9.77. The number of aliphatic hydroxyl groups is 1. The minimum Gasteiger partial charge on any atom is -0.389 e. The third-order valence-corrected chi connectivity index (χ3v) is 8.37. The van der Waals surface area contributed by atoms with Crippen LogP contribution >= 0.6 is 24.8 Å². The largest absolute Gasteiger partial charge is 0.389 e. The van der Waals surface area contributed by atoms with Crippen molar-refractivity contribution in [3.63, 3.8) is 0 Å². The van der Waals surface area contributed by atoms with Gasteiger partial charge in [-0.3, -0.25) is 4.79 Å². The highest BCUT2D eigenvalue weighted by molar-refractivity contribution is 5.86. The maximum Gasteiger partial charge on any atom is 0.232 e. The van der Waals surface area contributed by atoms with E-state index in [4.69, 9.17) is 9.47 Å². The Kier molecular flexibility index (Phi) is 7.66. The van der Waals surface area contributed by atoms with Crippen LogP contribution in [0.2, 0.25) is 0 Å². The van der Waals surface area contributed by atoms with Gasteiger partial charge < -0.3 is 30.1 Å². The van der Waals surface area contributed by atoms with E-state index in [0.29, 0.717) is 18.7 Å². The molecule has 2 aliphatic carbocycles. The molecule has 0 aromatic heterocycles. The fraction of sp³-hybridized carbons (Fsp3) is 0.952. The van der Waals surface area contributed by atoms with Gasteiger partial charge in [0.05, 0.1) is 23.7 Å². The number of halogens is 2. The standard InChI is InChI=1S/C21H35N3O4.2ClH/c1-27-18-13-28-8-4-17(18)23-14-3-7-20(10-14,21(26)5-2-6-21)19(25)24-12-15-9-16(24)11-22-15;;/h14-18,22-23,26H,2-13H2,1H3;2*1H/t14-,15+,16+,17+,18-,20-;;/m1../s1. The number of amides is 1. The van der Waals surface area contributed by atoms with Crippen molar-refractivity contribution in [3.8, 4) is 0 Å². The molecule has 0 radical (unpaired) electrons. The van der Waals surface area contributed by atoms with Crippen LogP contribution in [0.3, 0.4) is 0 Å². The zero-order valence-electron chi connectivity index (χ0n) is 17.8. The lowest BCUT2D eigenvalue weighted by atomic mass is 9.59. The minimum atomic E-state index is -0.813. The Balaban J connectivity index is 0.00000128. The van der Waals surface area contributed by atoms with E-state index in [2.05, 4.69) is 15.5 Å². The molecule has 3 aliphatic heterocycles. The van der Waals surface area contributed by atoms with E-state index in [1.54, 1.807) is 7.11 Å². The lowest BCUT2D eigenvalue weighted by Crippen LogP contribution is -2.62. The third kappa shape index (κ3) is 3.89. The lowest BCUT2D eigenvalue weighted by molar-refractivity contribution is -0.179. The van der Waals surface area contributed by atoms with Crippen LogP contribution in [0.15, 0.2) is 0 Å². The van der Waals surface area contributed by atoms with Gasteiger partial charge in [-0.25, -0.2) is 0 Å². The Bertz CT molecular complexity index is 623. The topological polar surface area (TPSA) is 83.1 Å². The molecule has 174 valence electrons. The van der Waals surface area contributed by atoms with Crippen LogP contribution in [0, 0.1) is 5.41 Å². The molecule has 0 unspecified atom stereocenters. The van der Waals surface area contributed by atoms with Crippen LogP contribution < -0.4 is 10.6 Å². The number of ether oxygens (including phenoxy) is 2. The molecule has 0 aromatic carbocycles. The molecule has 5 fully saturated rings. The van der Waals surface area contributed by atoms with Crippen LogP contribution in [-0.2, 0) is 14.3 Å². The number of methoxy groups -OCH3 is 1. The number of nitrogens with zero attached hydrogens (tertiary/aromatic N) is 1. The van der Waals surface area contributed by atoms with Crippen LogP contribution in [-0.4, -0.2) is 85.2 Å². The second kappa shape index (κ2) is 9.38. The van der Waals surface area contributed by atoms with Gasteiger partial charge in [0.15, 0.2) is 0 Å². The predicted octanol–water partition coefficient (Wildman–Crippen LogP) is 1.25. The number of nitrogens with one attached hydrogen (secondary N) is 2. The molecule has 7 nitrogen and oxygen atoms in total. The summed E-state index contributed by atoms with van der Waals surface area (Å²) in [4.78, 5) is 15.9. The molecule has 3 heterocycles. The van der Waals surface area contributed by atoms with E-state index in [1.165, 1.54) is 0 Å². The van der Waals surface area contributed by atoms with Crippen molar-refractivity contribution in [2.45, 2.75) is 87.2 Å². The Morgan fingerprint density at radius 2 is 2.07 bits per heavy atom. The van der Waals surface area contributed by atoms with E-state index in [1.807, 2.05) is 0 Å². The smallest absolute Gasteiger partial charge is 0.232 e. The Morgan fingerprint density at radius 1 is 1.27 bits per heavy atom. The van der Waals surface area contributed by atoms with Crippen molar-refractivity contribution in [2.75, 3.05) is 33.4 Å². The molecule has 0 aromatic rings. The quantitative estimate of drug-likeness (QED) is 0.566. The van der Waals surface area contributed by atoms with Gasteiger partial charge in [-0.05, 0) is 51.4 Å². The highest BCUT2D eigenvalue weighted by Crippen LogP contribution is 2.56. The maximum atomic E-state index is 13.8. The minimum absolute atomic E-state index is 0. The van der Waals surface area contributed by atoms with Crippen molar-refractivity contribution < 1.29 is 19.4 Å². The monoisotopic (exact) mass is 465 g/mol. The van der Waals surface area contributed by atoms with Gasteiger partial charge in [0.25, 0.3) is 0 Å². The highest BCUT2D eigenvalue weighted by atomic mass is 35.5. The van der Waals surface area contributed by atoms with E-state index in [0.717, 1.165) is 71.1 Å². The maximum absolute atomic E-state index is 13.8. The number of carbonyl (C=O) groups is 1. The molecule has 5 rings (SSSR count). The number of rotatable bonds is 5. The van der Waals surface area contributed by atoms with Crippen LogP contribution in [0.1, 0.15) is 51.4 Å². The SMILES string of the molecule is CO[C@@H]1COCC[C@@H]1N[C@@H]1CC[C@@](C(=O)N2C[C@@H]3C[C@H]2CN3)(C2(O)CCC2)C1.Cl.Cl. The number of hydrogen-bond donors (Lipinski definition) is 3. The summed E-state index contributed by atoms with van der Waals surface area (Å²) in [6.45, 7) is 3.09. The second-order valence-electron chi connectivity index (χ2n) is 9.77. The summed E-state index contributed by atoms with van der Waals surface area (Å²) >= 11 is 0. The van der Waals surface area contributed by atoms with Gasteiger partial charge >= 0.3 is 0 Å². The number of likely N-dealkylation sites (tertiary alicyclic amines) is 1. The Morgan fingerprint density at radius 3 is 2.67 bits per heavy atom. The zero-order valence-corrected chi connectivity index (χ0v) is 19.4. The number of fused-ring (bicyclic) bond motifs is 2. The molecule has 3 saturated heterocycles. The molecule has 0 spiro atoms. The fourth-order valence-corrected chi connectivity index (χ4v) is 6.52. The average Bonchev–Trinajstić information content (AvgIpc) is 3.42. The van der Waals surface area contributed by atoms with Crippen molar-refractivity contribution >= 4 is 30.7 Å². The third-order valence-electron chi connectivity index (χ3n) is 8.37. The van der Waals surface area contributed by atoms with Crippen molar-refractivity contribution in [1.29, 1.82) is 0 Å². The molecule has 2 saturated carbocycles. The first kappa shape index (κ1) is 24.5. The predicted molar refractivity (Wildman–Crippen MR) is 118 cm³/mol. The lowest BCUT2D eigenvalue weighted by Gasteiger charge is -2.52. The van der Waals surface area contributed by atoms with Crippen molar-refractivity contribution in [2.24, 2.45) is 5.41 Å². The number of hydrogen-bond acceptors (Lipinski definition) is 6. The Labute approximate surface area is 191 Å². The summed E-state index contributed by atoms with van der Waals surface area (Å²) < 4.78 is 11.2. The van der Waals surface area contributed by atoms with Crippen molar-refractivity contribution in [3.05, 3.63) is 0 Å². The van der Waals surface area contributed by atoms with Crippen molar-refractivity contribution in [1.82, 2.24) is 15.5 Å². The molecule has 1 amide bonds. The summed E-state index contributed by atoms with van der Waals surface area (Å²) in [5, 5.41) is 18.7. The molecule has 30 heavy (non-hydrogen) atoms. The summed E-state index contributed by atoms with van der Waals surface area (Å²) in [7, 11) is 1.74. The van der Waals surface area contributed by atoms with Crippen LogP contribution in [0.4, 0.5) is 0 Å². The molecule has 2 bridgehead atoms. The van der Waals surface area contributed by atoms with E-state index in [-0.39, 0.29) is 48.9 Å². The molecule has 6 atom stereocenters. The number of piperazine rings is 1. The van der Waals surface area contributed by atoms with E-state index in [9.17, 15) is 9.90 Å². The first-order valence-electron chi connectivity index (χ1n) is 11.2. The van der Waals surface area contributed by atoms with E-state index < -0.39 is 11.0 Å². The molecule has 9 heteroatoms. The average molecular weight is 466 g/mol. The summed E-state index contributed by atoms with van der Waals surface area (Å²) in [5.41, 5.74) is -1.42. The summed E-state index contributed by atoms with van der Waals surface area (Å²) in [6, 6.07) is 1.28. The zero-order chi connectivity index (χ0) is 19.4. The van der Waals surface area contributed by atoms with E-state index >= 15 is 0 Å². The van der Waals surface area contributed by atoms with Gasteiger partial charge in [-0.15, -0.1) is 24.8 Å². The summed E-state index contributed by atoms with van der Waals surface area (Å²) in [5.74, 6) is 0.225. The van der Waals surface area contributed by atoms with Gasteiger partial charge in [0.2, 0.25) is 5.91 Å². The van der Waals surface area contributed by atoms with Gasteiger partial charge in [0.1, 0.15) is 0 Å². The van der Waals surface area contributed by atoms with Gasteiger partial charge in [-0.2, -0.15) is 0 Å². The molecular weight excluding hydrogens is 429 g/mol. The Hall–Kier alpha value is -0.150. The van der Waals surface area contributed by atoms with Crippen LogP contribution in [0.25, 0.3) is 0 Å². The fourth-order valence-electron chi connectivity index (χ4n) is 6.52. The number of carbonyl (C=O) groups excluding carboxylic acids is 1. The molecule has 3 N–H and O–H groups in total. The summed E-state index contributed by atoms with van der Waals surface area (Å²) in [6.07, 6.45) is 7.12. The van der Waals surface area contributed by atoms with Gasteiger partial charge in [-0.1, -0.05) is 0 Å². The highest BCUT2D eigenvalue weighted by Gasteiger charge is 2.63. The molecule has 5 aliphatic rings. The van der Waals surface area contributed by atoms with Crippen LogP contribution in [0.5, 0.6) is 0 Å². The first-order valence-corrected chi connectivity index (χ1v) is 11.2.